The molecule has 0 unspecified atom stereocenters. The smallest absolute Gasteiger partial charge is 0.267 e. The van der Waals surface area contributed by atoms with Gasteiger partial charge in [-0.25, -0.2) is 8.42 Å². The molecule has 178 valence electrons. The zero-order valence-electron chi connectivity index (χ0n) is 19.4. The van der Waals surface area contributed by atoms with Crippen molar-refractivity contribution in [1.29, 1.82) is 0 Å². The van der Waals surface area contributed by atoms with Crippen LogP contribution < -0.4 is 23.8 Å². The van der Waals surface area contributed by atoms with Gasteiger partial charge < -0.3 is 19.5 Å². The van der Waals surface area contributed by atoms with Gasteiger partial charge in [0.2, 0.25) is 0 Å². The van der Waals surface area contributed by atoms with Crippen LogP contribution in [0.4, 0.5) is 11.4 Å². The zero-order chi connectivity index (χ0) is 24.5. The van der Waals surface area contributed by atoms with Crippen molar-refractivity contribution in [3.8, 4) is 17.2 Å². The first kappa shape index (κ1) is 23.4. The van der Waals surface area contributed by atoms with Crippen molar-refractivity contribution >= 4 is 27.3 Å². The van der Waals surface area contributed by atoms with Crippen molar-refractivity contribution in [3.05, 3.63) is 71.8 Å². The van der Waals surface area contributed by atoms with Gasteiger partial charge in [-0.05, 0) is 55.8 Å². The molecule has 0 radical (unpaired) electrons. The third-order valence-corrected chi connectivity index (χ3v) is 7.34. The summed E-state index contributed by atoms with van der Waals surface area (Å²) in [4.78, 5) is 13.4. The number of amides is 1. The third kappa shape index (κ3) is 4.51. The van der Waals surface area contributed by atoms with E-state index in [0.717, 1.165) is 11.1 Å². The number of benzene rings is 3. The molecule has 34 heavy (non-hydrogen) atoms. The van der Waals surface area contributed by atoms with Gasteiger partial charge in [-0.1, -0.05) is 23.8 Å². The first-order chi connectivity index (χ1) is 16.2. The summed E-state index contributed by atoms with van der Waals surface area (Å²) in [6.45, 7) is 3.56. The Labute approximate surface area is 199 Å². The topological polar surface area (TPSA) is 94.2 Å². The number of rotatable bonds is 6. The average molecular weight is 483 g/mol. The van der Waals surface area contributed by atoms with E-state index in [0.29, 0.717) is 28.6 Å². The second-order valence-corrected chi connectivity index (χ2v) is 9.84. The van der Waals surface area contributed by atoms with Gasteiger partial charge >= 0.3 is 0 Å². The molecule has 1 atom stereocenters. The summed E-state index contributed by atoms with van der Waals surface area (Å²) in [6, 6.07) is 16.8. The number of aryl methyl sites for hydroxylation is 2. The number of carbonyl (C=O) groups excluding carboxylic acids is 1. The highest BCUT2D eigenvalue weighted by atomic mass is 32.2. The lowest BCUT2D eigenvalue weighted by Gasteiger charge is -2.35. The summed E-state index contributed by atoms with van der Waals surface area (Å²) >= 11 is 0. The highest BCUT2D eigenvalue weighted by Crippen LogP contribution is 2.38. The molecule has 1 N–H and O–H groups in total. The fourth-order valence-electron chi connectivity index (χ4n) is 3.69. The van der Waals surface area contributed by atoms with Crippen LogP contribution in [0, 0.1) is 13.8 Å². The summed E-state index contributed by atoms with van der Waals surface area (Å²) in [5.41, 5.74) is 2.59. The van der Waals surface area contributed by atoms with Crippen molar-refractivity contribution in [2.45, 2.75) is 24.8 Å². The van der Waals surface area contributed by atoms with E-state index in [2.05, 4.69) is 5.32 Å². The highest BCUT2D eigenvalue weighted by Gasteiger charge is 2.38. The van der Waals surface area contributed by atoms with E-state index in [-0.39, 0.29) is 11.4 Å². The normalized spacial score (nSPS) is 15.2. The number of fused-ring (bicyclic) bond motifs is 1. The molecule has 0 spiro atoms. The first-order valence-electron chi connectivity index (χ1n) is 10.6. The molecule has 0 fully saturated rings. The highest BCUT2D eigenvalue weighted by molar-refractivity contribution is 7.92. The Balaban J connectivity index is 1.69. The lowest BCUT2D eigenvalue weighted by atomic mass is 10.1. The molecule has 8 nitrogen and oxygen atoms in total. The molecule has 0 saturated heterocycles. The van der Waals surface area contributed by atoms with Crippen LogP contribution in [0.2, 0.25) is 0 Å². The van der Waals surface area contributed by atoms with Crippen LogP contribution in [0.5, 0.6) is 17.2 Å². The van der Waals surface area contributed by atoms with Gasteiger partial charge in [0.05, 0.1) is 37.0 Å². The Morgan fingerprint density at radius 1 is 0.971 bits per heavy atom. The van der Waals surface area contributed by atoms with Gasteiger partial charge in [0.25, 0.3) is 15.9 Å². The zero-order valence-corrected chi connectivity index (χ0v) is 20.2. The van der Waals surface area contributed by atoms with Crippen LogP contribution in [0.3, 0.4) is 0 Å². The summed E-state index contributed by atoms with van der Waals surface area (Å²) < 4.78 is 44.9. The second kappa shape index (κ2) is 9.26. The Morgan fingerprint density at radius 2 is 1.68 bits per heavy atom. The van der Waals surface area contributed by atoms with E-state index < -0.39 is 22.0 Å². The Kier molecular flexibility index (Phi) is 6.39. The van der Waals surface area contributed by atoms with Gasteiger partial charge in [-0.3, -0.25) is 9.10 Å². The van der Waals surface area contributed by atoms with Gasteiger partial charge in [0, 0.05) is 6.07 Å². The molecule has 0 aromatic heterocycles. The van der Waals surface area contributed by atoms with Gasteiger partial charge in [-0.2, -0.15) is 0 Å². The maximum atomic E-state index is 13.6. The summed E-state index contributed by atoms with van der Waals surface area (Å²) in [5, 5.41) is 2.78. The molecule has 4 rings (SSSR count). The minimum absolute atomic E-state index is 0.139. The summed E-state index contributed by atoms with van der Waals surface area (Å²) in [6.07, 6.45) is -1.09. The van der Waals surface area contributed by atoms with E-state index >= 15 is 0 Å². The molecular weight excluding hydrogens is 456 g/mol. The van der Waals surface area contributed by atoms with E-state index in [1.54, 1.807) is 60.7 Å². The Hall–Kier alpha value is -3.72. The standard InChI is InChI=1S/C25H26N2O6S/c1-16-5-9-19(10-6-16)34(29,30)27-15-24(33-23-13-17(2)7-11-21(23)27)25(28)26-20-14-18(31-3)8-12-22(20)32-4/h5-14,24H,15H2,1-4H3,(H,26,28)/t24-/m0/s1. The summed E-state index contributed by atoms with van der Waals surface area (Å²) in [7, 11) is -0.931. The number of methoxy groups -OCH3 is 2. The Morgan fingerprint density at radius 3 is 2.35 bits per heavy atom. The number of sulfonamides is 1. The lowest BCUT2D eigenvalue weighted by Crippen LogP contribution is -2.48. The van der Waals surface area contributed by atoms with Gasteiger partial charge in [-0.15, -0.1) is 0 Å². The predicted molar refractivity (Wildman–Crippen MR) is 129 cm³/mol. The first-order valence-corrected chi connectivity index (χ1v) is 12.1. The van der Waals surface area contributed by atoms with Gasteiger partial charge in [0.1, 0.15) is 17.2 Å². The maximum absolute atomic E-state index is 13.6. The monoisotopic (exact) mass is 482 g/mol. The van der Waals surface area contributed by atoms with Crippen LogP contribution >= 0.6 is 0 Å². The summed E-state index contributed by atoms with van der Waals surface area (Å²) in [5.74, 6) is 0.776. The van der Waals surface area contributed by atoms with E-state index in [1.807, 2.05) is 13.8 Å². The molecule has 9 heteroatoms. The molecule has 0 saturated carbocycles. The van der Waals surface area contributed by atoms with E-state index in [9.17, 15) is 13.2 Å². The van der Waals surface area contributed by atoms with Crippen molar-refractivity contribution in [2.24, 2.45) is 0 Å². The SMILES string of the molecule is COc1ccc(OC)c(NC(=O)[C@@H]2CN(S(=O)(=O)c3ccc(C)cc3)c3ccc(C)cc3O2)c1. The number of hydrogen-bond acceptors (Lipinski definition) is 6. The minimum Gasteiger partial charge on any atom is -0.497 e. The minimum atomic E-state index is -3.94. The van der Waals surface area contributed by atoms with Crippen molar-refractivity contribution in [2.75, 3.05) is 30.4 Å². The van der Waals surface area contributed by atoms with Crippen LogP contribution in [0.25, 0.3) is 0 Å². The number of carbonyl (C=O) groups is 1. The largest absolute Gasteiger partial charge is 0.497 e. The van der Waals surface area contributed by atoms with Crippen LogP contribution in [0.1, 0.15) is 11.1 Å². The van der Waals surface area contributed by atoms with E-state index in [1.165, 1.54) is 18.5 Å². The number of nitrogens with one attached hydrogen (secondary N) is 1. The maximum Gasteiger partial charge on any atom is 0.267 e. The molecule has 3 aromatic carbocycles. The number of anilines is 2. The number of ether oxygens (including phenoxy) is 3. The van der Waals surface area contributed by atoms with Crippen LogP contribution in [-0.4, -0.2) is 41.2 Å². The molecule has 1 aliphatic rings. The molecule has 3 aromatic rings. The number of nitrogens with zero attached hydrogens (tertiary/aromatic N) is 1. The molecule has 1 heterocycles. The molecule has 0 aliphatic carbocycles. The van der Waals surface area contributed by atoms with Crippen molar-refractivity contribution in [1.82, 2.24) is 0 Å². The fourth-order valence-corrected chi connectivity index (χ4v) is 5.16. The van der Waals surface area contributed by atoms with Crippen LogP contribution in [0.15, 0.2) is 65.6 Å². The number of hydrogen-bond donors (Lipinski definition) is 1. The molecule has 0 bridgehead atoms. The molecule has 1 amide bonds. The van der Waals surface area contributed by atoms with Crippen LogP contribution in [-0.2, 0) is 14.8 Å². The van der Waals surface area contributed by atoms with Crippen molar-refractivity contribution in [3.63, 3.8) is 0 Å². The van der Waals surface area contributed by atoms with E-state index in [4.69, 9.17) is 14.2 Å². The van der Waals surface area contributed by atoms with Crippen molar-refractivity contribution < 1.29 is 27.4 Å². The molecular formula is C25H26N2O6S. The third-order valence-electron chi connectivity index (χ3n) is 5.55. The second-order valence-electron chi connectivity index (χ2n) is 7.98. The van der Waals surface area contributed by atoms with Gasteiger partial charge in [0.15, 0.2) is 6.10 Å². The Bertz CT molecular complexity index is 1320. The molecule has 1 aliphatic heterocycles. The quantitative estimate of drug-likeness (QED) is 0.573. The lowest BCUT2D eigenvalue weighted by molar-refractivity contribution is -0.122. The fraction of sp³-hybridized carbons (Fsp3) is 0.240. The predicted octanol–water partition coefficient (Wildman–Crippen LogP) is 3.92. The average Bonchev–Trinajstić information content (AvgIpc) is 2.83.